The Morgan fingerprint density at radius 3 is 2.50 bits per heavy atom. The van der Waals surface area contributed by atoms with Crippen LogP contribution in [-0.2, 0) is 14.8 Å². The third-order valence-electron chi connectivity index (χ3n) is 2.72. The topological polar surface area (TPSA) is 75.7 Å². The number of aryl methyl sites for hydroxylation is 1. The lowest BCUT2D eigenvalue weighted by molar-refractivity contribution is 0.161. The SMILES string of the molecule is CCNS(=O)(=O)c1ccc(N(C)C(=O)OCC)c(C)c1. The fraction of sp³-hybridized carbons (Fsp3) is 0.462. The molecule has 1 N–H and O–H groups in total. The number of amides is 1. The molecule has 0 aromatic heterocycles. The molecule has 0 aliphatic rings. The molecular formula is C13H20N2O4S. The Morgan fingerprint density at radius 1 is 1.35 bits per heavy atom. The van der Waals surface area contributed by atoms with Gasteiger partial charge in [-0.25, -0.2) is 17.9 Å². The first-order valence-corrected chi connectivity index (χ1v) is 7.82. The van der Waals surface area contributed by atoms with E-state index in [0.717, 1.165) is 0 Å². The van der Waals surface area contributed by atoms with Gasteiger partial charge in [0.25, 0.3) is 0 Å². The molecule has 7 heteroatoms. The average molecular weight is 300 g/mol. The van der Waals surface area contributed by atoms with Crippen LogP contribution in [0.5, 0.6) is 0 Å². The van der Waals surface area contributed by atoms with E-state index in [4.69, 9.17) is 4.74 Å². The van der Waals surface area contributed by atoms with E-state index in [1.807, 2.05) is 0 Å². The van der Waals surface area contributed by atoms with Crippen LogP contribution >= 0.6 is 0 Å². The molecule has 6 nitrogen and oxygen atoms in total. The predicted molar refractivity (Wildman–Crippen MR) is 77.5 cm³/mol. The number of nitrogens with zero attached hydrogens (tertiary/aromatic N) is 1. The summed E-state index contributed by atoms with van der Waals surface area (Å²) in [6, 6.07) is 4.59. The van der Waals surface area contributed by atoms with Crippen molar-refractivity contribution in [1.29, 1.82) is 0 Å². The van der Waals surface area contributed by atoms with Crippen molar-refractivity contribution in [3.8, 4) is 0 Å². The molecule has 0 atom stereocenters. The fourth-order valence-corrected chi connectivity index (χ4v) is 2.89. The number of rotatable bonds is 5. The summed E-state index contributed by atoms with van der Waals surface area (Å²) < 4.78 is 31.1. The maximum absolute atomic E-state index is 11.9. The quantitative estimate of drug-likeness (QED) is 0.901. The molecule has 0 saturated carbocycles. The Labute approximate surface area is 119 Å². The smallest absolute Gasteiger partial charge is 0.414 e. The standard InChI is InChI=1S/C13H20N2O4S/c1-5-14-20(17,18)11-7-8-12(10(3)9-11)15(4)13(16)19-6-2/h7-9,14H,5-6H2,1-4H3. The zero-order chi connectivity index (χ0) is 15.3. The minimum Gasteiger partial charge on any atom is -0.449 e. The molecule has 0 radical (unpaired) electrons. The minimum absolute atomic E-state index is 0.179. The van der Waals surface area contributed by atoms with Crippen molar-refractivity contribution < 1.29 is 17.9 Å². The first-order valence-electron chi connectivity index (χ1n) is 6.34. The van der Waals surface area contributed by atoms with Crippen molar-refractivity contribution in [1.82, 2.24) is 4.72 Å². The predicted octanol–water partition coefficient (Wildman–Crippen LogP) is 1.89. The van der Waals surface area contributed by atoms with Gasteiger partial charge in [-0.2, -0.15) is 0 Å². The van der Waals surface area contributed by atoms with Gasteiger partial charge in [-0.3, -0.25) is 4.90 Å². The number of carbonyl (C=O) groups is 1. The van der Waals surface area contributed by atoms with Crippen molar-refractivity contribution in [2.45, 2.75) is 25.7 Å². The van der Waals surface area contributed by atoms with Gasteiger partial charge in [0.15, 0.2) is 0 Å². The number of sulfonamides is 1. The number of carbonyl (C=O) groups excluding carboxylic acids is 1. The van der Waals surface area contributed by atoms with Crippen molar-refractivity contribution >= 4 is 21.8 Å². The van der Waals surface area contributed by atoms with E-state index in [1.54, 1.807) is 33.9 Å². The molecule has 0 aliphatic carbocycles. The van der Waals surface area contributed by atoms with Crippen LogP contribution < -0.4 is 9.62 Å². The Bertz CT molecular complexity index is 584. The van der Waals surface area contributed by atoms with E-state index in [1.165, 1.54) is 17.0 Å². The summed E-state index contributed by atoms with van der Waals surface area (Å²) in [4.78, 5) is 13.2. The highest BCUT2D eigenvalue weighted by atomic mass is 32.2. The van der Waals surface area contributed by atoms with Crippen LogP contribution in [0.2, 0.25) is 0 Å². The second-order valence-electron chi connectivity index (χ2n) is 4.21. The summed E-state index contributed by atoms with van der Waals surface area (Å²) in [6.45, 7) is 5.80. The van der Waals surface area contributed by atoms with Crippen LogP contribution in [0.1, 0.15) is 19.4 Å². The second-order valence-corrected chi connectivity index (χ2v) is 5.97. The van der Waals surface area contributed by atoms with Crippen molar-refractivity contribution in [2.75, 3.05) is 25.1 Å². The van der Waals surface area contributed by atoms with Gasteiger partial charge < -0.3 is 4.74 Å². The van der Waals surface area contributed by atoms with E-state index in [-0.39, 0.29) is 11.5 Å². The number of hydrogen-bond donors (Lipinski definition) is 1. The number of hydrogen-bond acceptors (Lipinski definition) is 4. The molecule has 0 spiro atoms. The molecule has 0 bridgehead atoms. The largest absolute Gasteiger partial charge is 0.449 e. The third kappa shape index (κ3) is 3.71. The molecule has 1 aromatic rings. The monoisotopic (exact) mass is 300 g/mol. The van der Waals surface area contributed by atoms with Crippen LogP contribution in [0, 0.1) is 6.92 Å². The van der Waals surface area contributed by atoms with Gasteiger partial charge in [-0.15, -0.1) is 0 Å². The van der Waals surface area contributed by atoms with Gasteiger partial charge in [0, 0.05) is 19.3 Å². The average Bonchev–Trinajstić information content (AvgIpc) is 2.38. The van der Waals surface area contributed by atoms with Crippen molar-refractivity contribution in [3.63, 3.8) is 0 Å². The molecule has 0 unspecified atom stereocenters. The second kappa shape index (κ2) is 6.71. The molecule has 1 amide bonds. The van der Waals surface area contributed by atoms with E-state index in [0.29, 0.717) is 17.8 Å². The summed E-state index contributed by atoms with van der Waals surface area (Å²) in [7, 11) is -1.91. The maximum atomic E-state index is 11.9. The number of benzene rings is 1. The number of nitrogens with one attached hydrogen (secondary N) is 1. The molecule has 0 heterocycles. The van der Waals surface area contributed by atoms with E-state index < -0.39 is 16.1 Å². The van der Waals surface area contributed by atoms with Crippen LogP contribution in [0.15, 0.2) is 23.1 Å². The highest BCUT2D eigenvalue weighted by molar-refractivity contribution is 7.89. The van der Waals surface area contributed by atoms with Gasteiger partial charge in [-0.1, -0.05) is 6.92 Å². The Hall–Kier alpha value is -1.60. The van der Waals surface area contributed by atoms with E-state index in [9.17, 15) is 13.2 Å². The Balaban J connectivity index is 3.08. The third-order valence-corrected chi connectivity index (χ3v) is 4.26. The zero-order valence-corrected chi connectivity index (χ0v) is 13.0. The van der Waals surface area contributed by atoms with Gasteiger partial charge in [0.1, 0.15) is 0 Å². The van der Waals surface area contributed by atoms with Gasteiger partial charge in [0.2, 0.25) is 10.0 Å². The maximum Gasteiger partial charge on any atom is 0.414 e. The number of ether oxygens (including phenoxy) is 1. The van der Waals surface area contributed by atoms with E-state index in [2.05, 4.69) is 4.72 Å². The lowest BCUT2D eigenvalue weighted by Gasteiger charge is -2.19. The summed E-state index contributed by atoms with van der Waals surface area (Å²) >= 11 is 0. The lowest BCUT2D eigenvalue weighted by Crippen LogP contribution is -2.28. The number of anilines is 1. The molecular weight excluding hydrogens is 280 g/mol. The fourth-order valence-electron chi connectivity index (χ4n) is 1.76. The minimum atomic E-state index is -3.49. The van der Waals surface area contributed by atoms with Crippen molar-refractivity contribution in [2.24, 2.45) is 0 Å². The molecule has 1 aromatic carbocycles. The normalized spacial score (nSPS) is 11.2. The van der Waals surface area contributed by atoms with Crippen molar-refractivity contribution in [3.05, 3.63) is 23.8 Å². The summed E-state index contributed by atoms with van der Waals surface area (Å²) in [6.07, 6.45) is -0.474. The highest BCUT2D eigenvalue weighted by Crippen LogP contribution is 2.23. The summed E-state index contributed by atoms with van der Waals surface area (Å²) in [5.41, 5.74) is 1.29. The van der Waals surface area contributed by atoms with Crippen LogP contribution in [0.4, 0.5) is 10.5 Å². The zero-order valence-electron chi connectivity index (χ0n) is 12.1. The first kappa shape index (κ1) is 16.5. The molecule has 0 saturated heterocycles. The molecule has 1 rings (SSSR count). The molecule has 0 aliphatic heterocycles. The molecule has 0 fully saturated rings. The van der Waals surface area contributed by atoms with E-state index >= 15 is 0 Å². The van der Waals surface area contributed by atoms with Crippen LogP contribution in [-0.4, -0.2) is 34.7 Å². The van der Waals surface area contributed by atoms with Crippen LogP contribution in [0.25, 0.3) is 0 Å². The van der Waals surface area contributed by atoms with Gasteiger partial charge in [-0.05, 0) is 37.6 Å². The summed E-state index contributed by atoms with van der Waals surface area (Å²) in [5, 5.41) is 0. The molecule has 20 heavy (non-hydrogen) atoms. The van der Waals surface area contributed by atoms with Gasteiger partial charge in [0.05, 0.1) is 11.5 Å². The van der Waals surface area contributed by atoms with Gasteiger partial charge >= 0.3 is 6.09 Å². The summed E-state index contributed by atoms with van der Waals surface area (Å²) in [5.74, 6) is 0. The Kier molecular flexibility index (Phi) is 5.52. The van der Waals surface area contributed by atoms with Crippen LogP contribution in [0.3, 0.4) is 0 Å². The molecule has 112 valence electrons. The highest BCUT2D eigenvalue weighted by Gasteiger charge is 2.17. The first-order chi connectivity index (χ1) is 9.33. The lowest BCUT2D eigenvalue weighted by atomic mass is 10.2. The Morgan fingerprint density at radius 2 is 2.00 bits per heavy atom.